The third-order valence-corrected chi connectivity index (χ3v) is 6.92. The van der Waals surface area contributed by atoms with Gasteiger partial charge in [0.15, 0.2) is 9.04 Å². The van der Waals surface area contributed by atoms with Gasteiger partial charge >= 0.3 is 0 Å². The molecule has 0 amide bonds. The molecule has 0 saturated carbocycles. The third-order valence-electron chi connectivity index (χ3n) is 1.93. The Kier molecular flexibility index (Phi) is 10.1. The van der Waals surface area contributed by atoms with Crippen molar-refractivity contribution in [1.29, 1.82) is 0 Å². The van der Waals surface area contributed by atoms with Crippen molar-refractivity contribution in [1.82, 2.24) is 0 Å². The van der Waals surface area contributed by atoms with Gasteiger partial charge in [-0.3, -0.25) is 0 Å². The van der Waals surface area contributed by atoms with Gasteiger partial charge in [-0.25, -0.2) is 0 Å². The van der Waals surface area contributed by atoms with Crippen LogP contribution in [0.15, 0.2) is 0 Å². The van der Waals surface area contributed by atoms with E-state index >= 15 is 0 Å². The number of rotatable bonds is 8. The van der Waals surface area contributed by atoms with Crippen molar-refractivity contribution in [3.63, 3.8) is 0 Å². The third kappa shape index (κ3) is 8.67. The van der Waals surface area contributed by atoms with Gasteiger partial charge in [-0.05, 0) is 12.6 Å². The Morgan fingerprint density at radius 1 is 1.33 bits per heavy atom. The first-order valence-electron chi connectivity index (χ1n) is 4.91. The molecule has 0 N–H and O–H groups in total. The zero-order valence-electron chi connectivity index (χ0n) is 8.64. The molecule has 12 heavy (non-hydrogen) atoms. The highest BCUT2D eigenvalue weighted by atomic mass is 28.4. The Hall–Kier alpha value is 0.571. The molecule has 0 aliphatic heterocycles. The van der Waals surface area contributed by atoms with Crippen molar-refractivity contribution in [2.24, 2.45) is 0 Å². The molecule has 0 aromatic rings. The van der Waals surface area contributed by atoms with Crippen LogP contribution in [0.1, 0.15) is 32.6 Å². The van der Waals surface area contributed by atoms with E-state index in [1.807, 2.05) is 0 Å². The maximum absolute atomic E-state index is 5.66. The summed E-state index contributed by atoms with van der Waals surface area (Å²) in [6.07, 6.45) is 5.47. The molecule has 5 heteroatoms. The molecule has 2 nitrogen and oxygen atoms in total. The van der Waals surface area contributed by atoms with E-state index in [1.54, 1.807) is 0 Å². The van der Waals surface area contributed by atoms with Gasteiger partial charge in [0.2, 0.25) is 0 Å². The van der Waals surface area contributed by atoms with E-state index in [1.165, 1.54) is 31.7 Å². The van der Waals surface area contributed by atoms with Gasteiger partial charge < -0.3 is 8.23 Å². The van der Waals surface area contributed by atoms with Gasteiger partial charge in [-0.1, -0.05) is 32.6 Å². The van der Waals surface area contributed by atoms with Crippen LogP contribution < -0.4 is 0 Å². The van der Waals surface area contributed by atoms with Crippen molar-refractivity contribution in [2.45, 2.75) is 45.2 Å². The first kappa shape index (κ1) is 12.6. The number of hydrogen-bond donors (Lipinski definition) is 0. The van der Waals surface area contributed by atoms with Crippen molar-refractivity contribution in [2.75, 3.05) is 0 Å². The van der Waals surface area contributed by atoms with Crippen LogP contribution in [0.3, 0.4) is 0 Å². The summed E-state index contributed by atoms with van der Waals surface area (Å²) in [6.45, 7) is 4.54. The second-order valence-electron chi connectivity index (χ2n) is 3.23. The molecule has 0 aromatic carbocycles. The van der Waals surface area contributed by atoms with Gasteiger partial charge in [0, 0.05) is 0 Å². The molecule has 0 saturated heterocycles. The second kappa shape index (κ2) is 9.66. The summed E-state index contributed by atoms with van der Waals surface area (Å²) >= 11 is 0. The van der Waals surface area contributed by atoms with Gasteiger partial charge in [0.05, 0.1) is 0 Å². The monoisotopic (exact) mass is 222 g/mol. The van der Waals surface area contributed by atoms with Crippen molar-refractivity contribution >= 4 is 29.5 Å². The topological polar surface area (TPSA) is 18.5 Å². The first-order chi connectivity index (χ1) is 5.81. The summed E-state index contributed by atoms with van der Waals surface area (Å²) in [4.78, 5) is 0. The van der Waals surface area contributed by atoms with E-state index in [2.05, 4.69) is 13.5 Å². The maximum atomic E-state index is 5.66. The minimum atomic E-state index is -0.803. The summed E-state index contributed by atoms with van der Waals surface area (Å²) in [7, 11) is -0.486. The van der Waals surface area contributed by atoms with E-state index in [-0.39, 0.29) is 0 Å². The molecule has 0 radical (unpaired) electrons. The molecule has 1 unspecified atom stereocenters. The highest BCUT2D eigenvalue weighted by Gasteiger charge is 2.02. The largest absolute Gasteiger partial charge is 0.449 e. The Bertz CT molecular complexity index is 92.7. The van der Waals surface area contributed by atoms with Crippen molar-refractivity contribution in [3.8, 4) is 0 Å². The Morgan fingerprint density at radius 2 is 2.08 bits per heavy atom. The fourth-order valence-corrected chi connectivity index (χ4v) is 5.35. The zero-order valence-corrected chi connectivity index (χ0v) is 13.2. The molecule has 1 atom stereocenters. The summed E-state index contributed by atoms with van der Waals surface area (Å²) in [5, 5.41) is 0. The van der Waals surface area contributed by atoms with Crippen LogP contribution in [0.25, 0.3) is 0 Å². The minimum absolute atomic E-state index is 0.542. The van der Waals surface area contributed by atoms with Crippen LogP contribution in [0.5, 0.6) is 0 Å². The van der Waals surface area contributed by atoms with Crippen LogP contribution >= 0.6 is 0 Å². The van der Waals surface area contributed by atoms with Crippen molar-refractivity contribution in [3.05, 3.63) is 0 Å². The minimum Gasteiger partial charge on any atom is -0.449 e. The zero-order chi connectivity index (χ0) is 9.23. The fourth-order valence-electron chi connectivity index (χ4n) is 1.13. The highest BCUT2D eigenvalue weighted by molar-refractivity contribution is 6.56. The molecular weight excluding hydrogens is 200 g/mol. The molecule has 0 spiro atoms. The van der Waals surface area contributed by atoms with Crippen molar-refractivity contribution < 1.29 is 8.23 Å². The first-order valence-corrected chi connectivity index (χ1v) is 9.33. The second-order valence-corrected chi connectivity index (χ2v) is 9.31. The maximum Gasteiger partial charge on any atom is 0.283 e. The average molecular weight is 223 g/mol. The summed E-state index contributed by atoms with van der Waals surface area (Å²) in [5.41, 5.74) is 0. The molecule has 0 heterocycles. The highest BCUT2D eigenvalue weighted by Crippen LogP contribution is 2.06. The van der Waals surface area contributed by atoms with Gasteiger partial charge in [-0.15, -0.1) is 0 Å². The molecule has 74 valence electrons. The normalized spacial score (nSPS) is 14.5. The van der Waals surface area contributed by atoms with Crippen LogP contribution in [0, 0.1) is 0 Å². The number of unbranched alkanes of at least 4 members (excludes halogenated alkanes) is 3. The lowest BCUT2D eigenvalue weighted by Crippen LogP contribution is -2.17. The molecule has 0 fully saturated rings. The fraction of sp³-hybridized carbons (Fsp3) is 1.00. The average Bonchev–Trinajstić information content (AvgIpc) is 2.09. The summed E-state index contributed by atoms with van der Waals surface area (Å²) in [6, 6.07) is 1.35. The lowest BCUT2D eigenvalue weighted by molar-refractivity contribution is 0.487. The predicted molar refractivity (Wildman–Crippen MR) is 62.6 cm³/mol. The number of hydrogen-bond acceptors (Lipinski definition) is 2. The van der Waals surface area contributed by atoms with Crippen LogP contribution in [0.4, 0.5) is 0 Å². The standard InChI is InChI=1S/C7H22O2Si3/c1-3-4-5-6-7-12(2)9-11-8-10/h12H,3-7,11H2,1-2,10H3. The lowest BCUT2D eigenvalue weighted by atomic mass is 10.2. The Labute approximate surface area is 83.4 Å². The molecule has 0 aliphatic carbocycles. The van der Waals surface area contributed by atoms with E-state index < -0.39 is 19.0 Å². The smallest absolute Gasteiger partial charge is 0.283 e. The van der Waals surface area contributed by atoms with Gasteiger partial charge in [0.25, 0.3) is 10.0 Å². The van der Waals surface area contributed by atoms with Crippen LogP contribution in [0.2, 0.25) is 12.6 Å². The van der Waals surface area contributed by atoms with Gasteiger partial charge in [-0.2, -0.15) is 0 Å². The van der Waals surface area contributed by atoms with E-state index in [4.69, 9.17) is 8.23 Å². The van der Waals surface area contributed by atoms with Gasteiger partial charge in [0.1, 0.15) is 10.5 Å². The molecular formula is C7H22O2Si3. The predicted octanol–water partition coefficient (Wildman–Crippen LogP) is 0.233. The summed E-state index contributed by atoms with van der Waals surface area (Å²) in [5.74, 6) is 0. The van der Waals surface area contributed by atoms with E-state index in [0.717, 1.165) is 10.5 Å². The van der Waals surface area contributed by atoms with Crippen LogP contribution in [-0.2, 0) is 8.23 Å². The van der Waals surface area contributed by atoms with E-state index in [9.17, 15) is 0 Å². The van der Waals surface area contributed by atoms with Crippen LogP contribution in [-0.4, -0.2) is 29.5 Å². The SMILES string of the molecule is CCCCCC[SiH](C)O[SiH2]O[SiH3]. The Morgan fingerprint density at radius 3 is 2.67 bits per heavy atom. The summed E-state index contributed by atoms with van der Waals surface area (Å²) < 4.78 is 10.8. The molecule has 0 rings (SSSR count). The molecule has 0 aromatic heterocycles. The quantitative estimate of drug-likeness (QED) is 0.432. The lowest BCUT2D eigenvalue weighted by Gasteiger charge is -2.10. The Balaban J connectivity index is 3.02. The molecule has 0 bridgehead atoms. The molecule has 0 aliphatic rings. The van der Waals surface area contributed by atoms with E-state index in [0.29, 0.717) is 0 Å².